The van der Waals surface area contributed by atoms with Crippen molar-refractivity contribution in [3.05, 3.63) is 57.9 Å². The molecule has 0 bridgehead atoms. The van der Waals surface area contributed by atoms with Crippen molar-refractivity contribution in [3.8, 4) is 5.69 Å². The number of nitrogens with zero attached hydrogens (tertiary/aromatic N) is 4. The molecule has 0 fully saturated rings. The maximum atomic E-state index is 13.0. The molecular formula is C19H21F3N6OS. The number of hydrogen-bond donors (Lipinski definition) is 2. The average Bonchev–Trinajstić information content (AvgIpc) is 3.23. The number of hydrogen-bond acceptors (Lipinski definition) is 4. The monoisotopic (exact) mass is 438 g/mol. The molecule has 0 spiro atoms. The summed E-state index contributed by atoms with van der Waals surface area (Å²) < 4.78 is 42.6. The molecular weight excluding hydrogens is 417 g/mol. The molecule has 2 aromatic heterocycles. The molecule has 160 valence electrons. The van der Waals surface area contributed by atoms with Crippen molar-refractivity contribution < 1.29 is 18.0 Å². The Kier molecular flexibility index (Phi) is 6.11. The number of carbonyl (C=O) groups excluding carboxylic acids is 1. The molecule has 30 heavy (non-hydrogen) atoms. The highest BCUT2D eigenvalue weighted by atomic mass is 32.1. The van der Waals surface area contributed by atoms with E-state index < -0.39 is 11.7 Å². The van der Waals surface area contributed by atoms with E-state index in [1.54, 1.807) is 6.92 Å². The summed E-state index contributed by atoms with van der Waals surface area (Å²) >= 11 is 5.20. The zero-order chi connectivity index (χ0) is 22.1. The van der Waals surface area contributed by atoms with Gasteiger partial charge in [-0.3, -0.25) is 9.89 Å². The van der Waals surface area contributed by atoms with Crippen molar-refractivity contribution >= 4 is 18.1 Å². The van der Waals surface area contributed by atoms with Crippen molar-refractivity contribution in [2.45, 2.75) is 39.4 Å². The first-order chi connectivity index (χ1) is 14.1. The Morgan fingerprint density at radius 1 is 1.33 bits per heavy atom. The zero-order valence-electron chi connectivity index (χ0n) is 16.6. The summed E-state index contributed by atoms with van der Waals surface area (Å²) in [6.45, 7) is 5.92. The lowest BCUT2D eigenvalue weighted by molar-refractivity contribution is -0.137. The van der Waals surface area contributed by atoms with Gasteiger partial charge in [0.25, 0.3) is 5.91 Å². The summed E-state index contributed by atoms with van der Waals surface area (Å²) in [5.74, 6) is 0.364. The second-order valence-electron chi connectivity index (χ2n) is 7.02. The number of nitrogens with one attached hydrogen (secondary N) is 2. The molecule has 0 aliphatic heterocycles. The van der Waals surface area contributed by atoms with Crippen LogP contribution >= 0.6 is 12.2 Å². The van der Waals surface area contributed by atoms with Gasteiger partial charge in [0.15, 0.2) is 4.77 Å². The van der Waals surface area contributed by atoms with E-state index >= 15 is 0 Å². The van der Waals surface area contributed by atoms with Gasteiger partial charge in [0.05, 0.1) is 28.7 Å². The van der Waals surface area contributed by atoms with Gasteiger partial charge in [-0.25, -0.2) is 4.68 Å². The van der Waals surface area contributed by atoms with E-state index in [9.17, 15) is 18.0 Å². The second-order valence-corrected chi connectivity index (χ2v) is 7.40. The maximum Gasteiger partial charge on any atom is 0.416 e. The van der Waals surface area contributed by atoms with E-state index in [2.05, 4.69) is 20.6 Å². The van der Waals surface area contributed by atoms with Crippen LogP contribution in [0.4, 0.5) is 13.2 Å². The van der Waals surface area contributed by atoms with Crippen molar-refractivity contribution in [1.29, 1.82) is 0 Å². The van der Waals surface area contributed by atoms with Crippen molar-refractivity contribution in [2.24, 2.45) is 0 Å². The molecule has 0 radical (unpaired) electrons. The minimum Gasteiger partial charge on any atom is -0.351 e. The standard InChI is InChI=1S/C19H21F3N6OS/c1-11(2)27-16(25-26-18(27)30)7-8-23-17(29)15-10-24-28(12(15)3)14-6-4-5-13(9-14)19(20,21)22/h4-6,9-11H,7-8H2,1-3H3,(H,23,29)(H,26,30). The average molecular weight is 438 g/mol. The van der Waals surface area contributed by atoms with Gasteiger partial charge in [-0.15, -0.1) is 0 Å². The van der Waals surface area contributed by atoms with Gasteiger partial charge >= 0.3 is 6.18 Å². The lowest BCUT2D eigenvalue weighted by atomic mass is 10.2. The maximum absolute atomic E-state index is 13.0. The minimum absolute atomic E-state index is 0.134. The fourth-order valence-corrected chi connectivity index (χ4v) is 3.50. The van der Waals surface area contributed by atoms with Crippen LogP contribution in [0.25, 0.3) is 5.69 Å². The van der Waals surface area contributed by atoms with Crippen LogP contribution in [0, 0.1) is 11.7 Å². The highest BCUT2D eigenvalue weighted by molar-refractivity contribution is 7.71. The van der Waals surface area contributed by atoms with E-state index in [-0.39, 0.29) is 23.2 Å². The summed E-state index contributed by atoms with van der Waals surface area (Å²) in [6, 6.07) is 4.93. The topological polar surface area (TPSA) is 80.5 Å². The first kappa shape index (κ1) is 21.8. The molecule has 3 rings (SSSR count). The number of amides is 1. The summed E-state index contributed by atoms with van der Waals surface area (Å²) in [5, 5.41) is 13.8. The zero-order valence-corrected chi connectivity index (χ0v) is 17.4. The smallest absolute Gasteiger partial charge is 0.351 e. The number of halogens is 3. The van der Waals surface area contributed by atoms with Gasteiger partial charge in [-0.1, -0.05) is 6.07 Å². The van der Waals surface area contributed by atoms with Gasteiger partial charge in [-0.2, -0.15) is 23.4 Å². The molecule has 0 atom stereocenters. The normalized spacial score (nSPS) is 11.8. The van der Waals surface area contributed by atoms with Gasteiger partial charge < -0.3 is 9.88 Å². The molecule has 7 nitrogen and oxygen atoms in total. The SMILES string of the molecule is Cc1c(C(=O)NCCc2n[nH]c(=S)n2C(C)C)cnn1-c1cccc(C(F)(F)F)c1. The third-order valence-corrected chi connectivity index (χ3v) is 4.89. The number of H-pyrrole nitrogens is 1. The number of carbonyl (C=O) groups is 1. The lowest BCUT2D eigenvalue weighted by Crippen LogP contribution is -2.27. The Hall–Kier alpha value is -2.95. The third-order valence-electron chi connectivity index (χ3n) is 4.60. The van der Waals surface area contributed by atoms with Crippen LogP contribution < -0.4 is 5.32 Å². The minimum atomic E-state index is -4.46. The molecule has 3 aromatic rings. The van der Waals surface area contributed by atoms with Gasteiger partial charge in [0, 0.05) is 19.0 Å². The number of benzene rings is 1. The third kappa shape index (κ3) is 4.45. The van der Waals surface area contributed by atoms with Crippen LogP contribution in [0.15, 0.2) is 30.5 Å². The highest BCUT2D eigenvalue weighted by Gasteiger charge is 2.30. The predicted molar refractivity (Wildman–Crippen MR) is 107 cm³/mol. The molecule has 0 aliphatic rings. The van der Waals surface area contributed by atoms with E-state index in [1.165, 1.54) is 23.0 Å². The lowest BCUT2D eigenvalue weighted by Gasteiger charge is -2.11. The van der Waals surface area contributed by atoms with Gasteiger partial charge in [-0.05, 0) is 51.2 Å². The van der Waals surface area contributed by atoms with Crippen molar-refractivity contribution in [2.75, 3.05) is 6.54 Å². The Morgan fingerprint density at radius 2 is 2.07 bits per heavy atom. The Balaban J connectivity index is 1.72. The van der Waals surface area contributed by atoms with Gasteiger partial charge in [0.2, 0.25) is 0 Å². The molecule has 0 saturated heterocycles. The number of rotatable bonds is 6. The van der Waals surface area contributed by atoms with Crippen LogP contribution in [-0.2, 0) is 12.6 Å². The molecule has 0 aliphatic carbocycles. The van der Waals surface area contributed by atoms with E-state index in [4.69, 9.17) is 12.2 Å². The largest absolute Gasteiger partial charge is 0.416 e. The fraction of sp³-hybridized carbons (Fsp3) is 0.368. The quantitative estimate of drug-likeness (QED) is 0.570. The Labute approximate surface area is 175 Å². The molecule has 1 amide bonds. The van der Waals surface area contributed by atoms with Crippen LogP contribution in [0.3, 0.4) is 0 Å². The van der Waals surface area contributed by atoms with Crippen LogP contribution in [0.1, 0.15) is 47.3 Å². The summed E-state index contributed by atoms with van der Waals surface area (Å²) in [7, 11) is 0. The summed E-state index contributed by atoms with van der Waals surface area (Å²) in [4.78, 5) is 12.6. The van der Waals surface area contributed by atoms with Crippen LogP contribution in [-0.4, -0.2) is 37.0 Å². The highest BCUT2D eigenvalue weighted by Crippen LogP contribution is 2.30. The van der Waals surface area contributed by atoms with Crippen molar-refractivity contribution in [1.82, 2.24) is 29.9 Å². The van der Waals surface area contributed by atoms with Crippen molar-refractivity contribution in [3.63, 3.8) is 0 Å². The van der Waals surface area contributed by atoms with Crippen LogP contribution in [0.5, 0.6) is 0 Å². The van der Waals surface area contributed by atoms with Gasteiger partial charge in [0.1, 0.15) is 5.82 Å². The number of alkyl halides is 3. The second kappa shape index (κ2) is 8.42. The molecule has 1 aromatic carbocycles. The number of aromatic nitrogens is 5. The molecule has 0 unspecified atom stereocenters. The molecule has 0 saturated carbocycles. The molecule has 2 heterocycles. The summed E-state index contributed by atoms with van der Waals surface area (Å²) in [5.41, 5.74) is 0.181. The Morgan fingerprint density at radius 3 is 2.73 bits per heavy atom. The first-order valence-corrected chi connectivity index (χ1v) is 9.66. The van der Waals surface area contributed by atoms with E-state index in [1.807, 2.05) is 18.4 Å². The predicted octanol–water partition coefficient (Wildman–Crippen LogP) is 4.01. The first-order valence-electron chi connectivity index (χ1n) is 9.26. The Bertz CT molecular complexity index is 1110. The van der Waals surface area contributed by atoms with Crippen LogP contribution in [0.2, 0.25) is 0 Å². The van der Waals surface area contributed by atoms with E-state index in [0.29, 0.717) is 23.4 Å². The molecule has 11 heteroatoms. The van der Waals surface area contributed by atoms with E-state index in [0.717, 1.165) is 18.0 Å². The number of aromatic amines is 1. The fourth-order valence-electron chi connectivity index (χ4n) is 3.14. The summed E-state index contributed by atoms with van der Waals surface area (Å²) in [6.07, 6.45) is -2.64. The molecule has 2 N–H and O–H groups in total.